The molecule has 4 rings (SSSR count). The lowest BCUT2D eigenvalue weighted by Gasteiger charge is -2.44. The van der Waals surface area contributed by atoms with Crippen molar-refractivity contribution in [2.75, 3.05) is 48.6 Å². The van der Waals surface area contributed by atoms with E-state index < -0.39 is 33.4 Å². The number of rotatable bonds is 11. The van der Waals surface area contributed by atoms with E-state index in [1.54, 1.807) is 23.1 Å². The number of anilines is 2. The summed E-state index contributed by atoms with van der Waals surface area (Å²) in [7, 11) is -3.58. The van der Waals surface area contributed by atoms with Crippen molar-refractivity contribution in [1.82, 2.24) is 9.80 Å². The van der Waals surface area contributed by atoms with Crippen molar-refractivity contribution in [3.8, 4) is 0 Å². The first-order chi connectivity index (χ1) is 18.3. The van der Waals surface area contributed by atoms with Crippen LogP contribution in [-0.4, -0.2) is 74.6 Å². The van der Waals surface area contributed by atoms with Crippen LogP contribution >= 0.6 is 0 Å². The molecule has 39 heavy (non-hydrogen) atoms. The molecule has 2 N–H and O–H groups in total. The predicted molar refractivity (Wildman–Crippen MR) is 147 cm³/mol. The van der Waals surface area contributed by atoms with E-state index >= 15 is 13.2 Å². The van der Waals surface area contributed by atoms with E-state index in [4.69, 9.17) is 0 Å². The van der Waals surface area contributed by atoms with Crippen LogP contribution in [0.4, 0.5) is 28.9 Å². The van der Waals surface area contributed by atoms with Gasteiger partial charge in [-0.2, -0.15) is 0 Å². The summed E-state index contributed by atoms with van der Waals surface area (Å²) in [6.45, 7) is 7.67. The largest absolute Gasteiger partial charge is 0.377 e. The van der Waals surface area contributed by atoms with Crippen LogP contribution in [0.25, 0.3) is 0 Å². The number of hydrogen-bond donors (Lipinski definition) is 2. The molecule has 2 heterocycles. The maximum atomic E-state index is 16.2. The van der Waals surface area contributed by atoms with Crippen molar-refractivity contribution in [3.63, 3.8) is 0 Å². The van der Waals surface area contributed by atoms with Gasteiger partial charge < -0.3 is 5.32 Å². The number of nitrogens with zero attached hydrogens (tertiary/aromatic N) is 2. The molecule has 0 aliphatic carbocycles. The van der Waals surface area contributed by atoms with E-state index in [0.29, 0.717) is 38.0 Å². The van der Waals surface area contributed by atoms with Crippen LogP contribution in [0.15, 0.2) is 30.3 Å². The summed E-state index contributed by atoms with van der Waals surface area (Å²) in [5.74, 6) is -1.65. The first-order valence-corrected chi connectivity index (χ1v) is 15.1. The van der Waals surface area contributed by atoms with E-state index in [-0.39, 0.29) is 48.0 Å². The molecule has 0 radical (unpaired) electrons. The van der Waals surface area contributed by atoms with Crippen molar-refractivity contribution in [2.24, 2.45) is 0 Å². The summed E-state index contributed by atoms with van der Waals surface area (Å²) < 4.78 is 86.3. The molecule has 0 spiro atoms. The average Bonchev–Trinajstić information content (AvgIpc) is 2.83. The van der Waals surface area contributed by atoms with E-state index in [9.17, 15) is 12.8 Å². The Kier molecular flexibility index (Phi) is 8.82. The Morgan fingerprint density at radius 3 is 2.49 bits per heavy atom. The van der Waals surface area contributed by atoms with Gasteiger partial charge in [-0.25, -0.2) is 21.6 Å². The minimum atomic E-state index is -3.58. The number of fused-ring (bicyclic) bond motifs is 1. The Hall–Kier alpha value is -2.37. The molecule has 6 nitrogen and oxygen atoms in total. The fourth-order valence-electron chi connectivity index (χ4n) is 5.50. The molecule has 2 aliphatic rings. The topological polar surface area (TPSA) is 64.7 Å². The van der Waals surface area contributed by atoms with Gasteiger partial charge in [0, 0.05) is 43.5 Å². The number of sulfonamides is 1. The second-order valence-corrected chi connectivity index (χ2v) is 13.2. The van der Waals surface area contributed by atoms with Crippen LogP contribution in [0, 0.1) is 11.6 Å². The zero-order chi connectivity index (χ0) is 28.5. The minimum absolute atomic E-state index is 0.0640. The summed E-state index contributed by atoms with van der Waals surface area (Å²) in [5, 5.41) is 3.15. The van der Waals surface area contributed by atoms with E-state index in [1.165, 1.54) is 32.9 Å². The smallest absolute Gasteiger partial charge is 0.232 e. The SMILES string of the molecule is CCS(=O)(=O)Nc1ccc2c(c1)[C@@H](c1c(F)ccc(NC3CN(CCCF)C3)c1F)N(CC(C)(C)F)[C@H](C)C2. The number of nitrogens with one attached hydrogen (secondary N) is 2. The Balaban J connectivity index is 1.75. The molecule has 2 aliphatic heterocycles. The first kappa shape index (κ1) is 29.6. The number of alkyl halides is 2. The van der Waals surface area contributed by atoms with Gasteiger partial charge in [0.05, 0.1) is 30.2 Å². The van der Waals surface area contributed by atoms with Crippen LogP contribution < -0.4 is 10.0 Å². The second kappa shape index (κ2) is 11.6. The van der Waals surface area contributed by atoms with Gasteiger partial charge >= 0.3 is 0 Å². The van der Waals surface area contributed by atoms with Gasteiger partial charge in [0.1, 0.15) is 11.5 Å². The monoisotopic (exact) mass is 570 g/mol. The van der Waals surface area contributed by atoms with Crippen molar-refractivity contribution in [1.29, 1.82) is 0 Å². The quantitative estimate of drug-likeness (QED) is 0.361. The number of benzene rings is 2. The van der Waals surface area contributed by atoms with Crippen LogP contribution in [0.2, 0.25) is 0 Å². The third-order valence-corrected chi connectivity index (χ3v) is 8.70. The van der Waals surface area contributed by atoms with E-state index in [2.05, 4.69) is 14.9 Å². The van der Waals surface area contributed by atoms with Gasteiger partial charge in [0.15, 0.2) is 5.82 Å². The molecule has 2 aromatic rings. The standard InChI is InChI=1S/C28H38F4N4O2S/c1-5-39(37,38)34-20-8-7-19-13-18(2)36(17-28(3,4)32)27(22(19)14-20)25-23(30)9-10-24(26(25)31)33-21-15-35(16-21)12-6-11-29/h7-10,14,18,21,27,33-34H,5-6,11-13,15-17H2,1-4H3/t18-,27+/m1/s1. The zero-order valence-corrected chi connectivity index (χ0v) is 23.7. The molecule has 2 aromatic carbocycles. The maximum absolute atomic E-state index is 16.2. The van der Waals surface area contributed by atoms with Crippen molar-refractivity contribution in [3.05, 3.63) is 58.7 Å². The second-order valence-electron chi connectivity index (χ2n) is 11.2. The number of hydrogen-bond acceptors (Lipinski definition) is 5. The van der Waals surface area contributed by atoms with Crippen LogP contribution in [0.1, 0.15) is 56.8 Å². The fraction of sp³-hybridized carbons (Fsp3) is 0.571. The van der Waals surface area contributed by atoms with Gasteiger partial charge in [0.25, 0.3) is 0 Å². The highest BCUT2D eigenvalue weighted by molar-refractivity contribution is 7.92. The molecular weight excluding hydrogens is 532 g/mol. The minimum Gasteiger partial charge on any atom is -0.377 e. The van der Waals surface area contributed by atoms with Crippen molar-refractivity contribution in [2.45, 2.75) is 64.3 Å². The molecule has 0 aromatic heterocycles. The predicted octanol–water partition coefficient (Wildman–Crippen LogP) is 5.27. The van der Waals surface area contributed by atoms with Crippen LogP contribution in [0.5, 0.6) is 0 Å². The normalized spacial score (nSPS) is 20.9. The molecule has 1 fully saturated rings. The van der Waals surface area contributed by atoms with Gasteiger partial charge in [-0.1, -0.05) is 6.07 Å². The summed E-state index contributed by atoms with van der Waals surface area (Å²) >= 11 is 0. The molecule has 11 heteroatoms. The molecule has 1 saturated heterocycles. The number of halogens is 4. The van der Waals surface area contributed by atoms with Crippen LogP contribution in [-0.2, 0) is 16.4 Å². The molecule has 216 valence electrons. The lowest BCUT2D eigenvalue weighted by Crippen LogP contribution is -2.55. The summed E-state index contributed by atoms with van der Waals surface area (Å²) in [6, 6.07) is 6.30. The molecule has 0 amide bonds. The third kappa shape index (κ3) is 6.86. The van der Waals surface area contributed by atoms with Gasteiger partial charge in [-0.05, 0) is 75.9 Å². The van der Waals surface area contributed by atoms with Gasteiger partial charge in [0.2, 0.25) is 10.0 Å². The highest BCUT2D eigenvalue weighted by Crippen LogP contribution is 2.43. The Morgan fingerprint density at radius 2 is 1.85 bits per heavy atom. The number of likely N-dealkylation sites (tertiary alicyclic amines) is 1. The maximum Gasteiger partial charge on any atom is 0.232 e. The Labute approximate surface area is 228 Å². The lowest BCUT2D eigenvalue weighted by atomic mass is 9.83. The summed E-state index contributed by atoms with van der Waals surface area (Å²) in [5.41, 5.74) is -0.0787. The summed E-state index contributed by atoms with van der Waals surface area (Å²) in [6.07, 6.45) is 0.957. The fourth-order valence-corrected chi connectivity index (χ4v) is 6.13. The Bertz CT molecular complexity index is 1280. The van der Waals surface area contributed by atoms with Gasteiger partial charge in [-0.15, -0.1) is 0 Å². The van der Waals surface area contributed by atoms with E-state index in [1.807, 2.05) is 6.92 Å². The lowest BCUT2D eigenvalue weighted by molar-refractivity contribution is 0.0653. The van der Waals surface area contributed by atoms with Crippen molar-refractivity contribution >= 4 is 21.4 Å². The van der Waals surface area contributed by atoms with Crippen molar-refractivity contribution < 1.29 is 26.0 Å². The Morgan fingerprint density at radius 1 is 1.13 bits per heavy atom. The highest BCUT2D eigenvalue weighted by Gasteiger charge is 2.40. The summed E-state index contributed by atoms with van der Waals surface area (Å²) in [4.78, 5) is 3.82. The molecule has 0 unspecified atom stereocenters. The average molecular weight is 571 g/mol. The van der Waals surface area contributed by atoms with Gasteiger partial charge in [-0.3, -0.25) is 18.9 Å². The molecule has 0 bridgehead atoms. The molecular formula is C28H38F4N4O2S. The van der Waals surface area contributed by atoms with Crippen LogP contribution in [0.3, 0.4) is 0 Å². The first-order valence-electron chi connectivity index (χ1n) is 13.4. The molecule has 2 atom stereocenters. The van der Waals surface area contributed by atoms with E-state index in [0.717, 1.165) is 5.56 Å². The third-order valence-electron chi connectivity index (χ3n) is 7.39. The highest BCUT2D eigenvalue weighted by atomic mass is 32.2. The molecule has 0 saturated carbocycles. The zero-order valence-electron chi connectivity index (χ0n) is 22.9.